The normalized spacial score (nSPS) is 15.4. The Hall–Kier alpha value is -2.12. The highest BCUT2D eigenvalue weighted by Crippen LogP contribution is 2.20. The Morgan fingerprint density at radius 1 is 1.28 bits per heavy atom. The van der Waals surface area contributed by atoms with Crippen molar-refractivity contribution in [3.63, 3.8) is 0 Å². The second-order valence-electron chi connectivity index (χ2n) is 8.15. The molecule has 0 atom stereocenters. The lowest BCUT2D eigenvalue weighted by atomic mass is 10.0. The largest absolute Gasteiger partial charge is 0.493 e. The quantitative estimate of drug-likeness (QED) is 0.707. The Morgan fingerprint density at radius 2 is 2.00 bits per heavy atom. The van der Waals surface area contributed by atoms with E-state index in [1.54, 1.807) is 6.20 Å². The molecule has 2 amide bonds. The molecule has 0 spiro atoms. The predicted octanol–water partition coefficient (Wildman–Crippen LogP) is 3.98. The van der Waals surface area contributed by atoms with Gasteiger partial charge in [0.1, 0.15) is 5.75 Å². The third-order valence-corrected chi connectivity index (χ3v) is 5.88. The molecule has 29 heavy (non-hydrogen) atoms. The molecule has 1 aromatic carbocycles. The van der Waals surface area contributed by atoms with Crippen molar-refractivity contribution in [1.82, 2.24) is 19.5 Å². The Labute approximate surface area is 178 Å². The highest BCUT2D eigenvalue weighted by atomic mass is 32.1. The van der Waals surface area contributed by atoms with E-state index in [0.717, 1.165) is 42.1 Å². The number of hydrogen-bond donors (Lipinski definition) is 1. The molecule has 0 saturated carbocycles. The summed E-state index contributed by atoms with van der Waals surface area (Å²) in [5, 5.41) is 3.11. The minimum absolute atomic E-state index is 0.00640. The van der Waals surface area contributed by atoms with Gasteiger partial charge < -0.3 is 19.9 Å². The molecule has 158 valence electrons. The van der Waals surface area contributed by atoms with Crippen LogP contribution >= 0.6 is 11.5 Å². The van der Waals surface area contributed by atoms with Crippen LogP contribution in [0.5, 0.6) is 5.75 Å². The number of hydrogen-bond acceptors (Lipinski definition) is 5. The van der Waals surface area contributed by atoms with Crippen molar-refractivity contribution < 1.29 is 9.53 Å². The fraction of sp³-hybridized carbons (Fsp3) is 0.545. The lowest BCUT2D eigenvalue weighted by molar-refractivity contribution is 0.127. The van der Waals surface area contributed by atoms with Crippen LogP contribution in [0.3, 0.4) is 0 Å². The number of amides is 2. The van der Waals surface area contributed by atoms with E-state index in [4.69, 9.17) is 4.74 Å². The third kappa shape index (κ3) is 6.72. The van der Waals surface area contributed by atoms with Crippen LogP contribution in [0, 0.1) is 5.92 Å². The van der Waals surface area contributed by atoms with Gasteiger partial charge in [-0.25, -0.2) is 9.17 Å². The number of benzene rings is 1. The number of aromatic nitrogens is 1. The lowest BCUT2D eigenvalue weighted by Gasteiger charge is -2.37. The standard InChI is InChI=1S/C22H32N4O2S/c1-17(2)16-28-20-6-4-18(5-7-20)14-23-22(27)26(15-21-8-11-24-29-21)19-9-12-25(3)13-10-19/h4-8,11,17,19H,9-10,12-16H2,1-3H3,(H,23,27). The van der Waals surface area contributed by atoms with Gasteiger partial charge in [-0.1, -0.05) is 26.0 Å². The smallest absolute Gasteiger partial charge is 0.318 e. The van der Waals surface area contributed by atoms with Crippen molar-refractivity contribution in [3.05, 3.63) is 47.0 Å². The average molecular weight is 417 g/mol. The van der Waals surface area contributed by atoms with Gasteiger partial charge in [0.05, 0.1) is 13.2 Å². The molecule has 7 heteroatoms. The highest BCUT2D eigenvalue weighted by molar-refractivity contribution is 7.05. The van der Waals surface area contributed by atoms with Gasteiger partial charge in [0.25, 0.3) is 0 Å². The van der Waals surface area contributed by atoms with Crippen LogP contribution in [0.15, 0.2) is 36.5 Å². The van der Waals surface area contributed by atoms with Gasteiger partial charge in [0, 0.05) is 23.7 Å². The van der Waals surface area contributed by atoms with E-state index in [2.05, 4.69) is 35.5 Å². The predicted molar refractivity (Wildman–Crippen MR) is 117 cm³/mol. The summed E-state index contributed by atoms with van der Waals surface area (Å²) in [5.74, 6) is 1.37. The number of piperidine rings is 1. The fourth-order valence-electron chi connectivity index (χ4n) is 3.41. The van der Waals surface area contributed by atoms with Gasteiger partial charge in [-0.15, -0.1) is 0 Å². The second-order valence-corrected chi connectivity index (χ2v) is 9.07. The molecule has 6 nitrogen and oxygen atoms in total. The molecular weight excluding hydrogens is 384 g/mol. The number of nitrogens with zero attached hydrogens (tertiary/aromatic N) is 3. The van der Waals surface area contributed by atoms with Crippen LogP contribution < -0.4 is 10.1 Å². The van der Waals surface area contributed by atoms with Gasteiger partial charge in [0.2, 0.25) is 0 Å². The van der Waals surface area contributed by atoms with Gasteiger partial charge in [-0.2, -0.15) is 0 Å². The van der Waals surface area contributed by atoms with E-state index >= 15 is 0 Å². The lowest BCUT2D eigenvalue weighted by Crippen LogP contribution is -2.49. The molecule has 1 N–H and O–H groups in total. The molecule has 0 bridgehead atoms. The first-order chi connectivity index (χ1) is 14.0. The third-order valence-electron chi connectivity index (χ3n) is 5.16. The number of carbonyl (C=O) groups excluding carboxylic acids is 1. The summed E-state index contributed by atoms with van der Waals surface area (Å²) < 4.78 is 9.91. The minimum Gasteiger partial charge on any atom is -0.493 e. The van der Waals surface area contributed by atoms with E-state index in [-0.39, 0.29) is 12.1 Å². The fourth-order valence-corrected chi connectivity index (χ4v) is 3.99. The molecule has 0 radical (unpaired) electrons. The number of urea groups is 1. The Morgan fingerprint density at radius 3 is 2.62 bits per heavy atom. The molecule has 3 rings (SSSR count). The summed E-state index contributed by atoms with van der Waals surface area (Å²) in [6.07, 6.45) is 3.81. The van der Waals surface area contributed by atoms with E-state index in [0.29, 0.717) is 25.6 Å². The van der Waals surface area contributed by atoms with Crippen LogP contribution in [0.2, 0.25) is 0 Å². The van der Waals surface area contributed by atoms with Crippen LogP contribution in [0.25, 0.3) is 0 Å². The molecule has 1 aromatic heterocycles. The highest BCUT2D eigenvalue weighted by Gasteiger charge is 2.27. The van der Waals surface area contributed by atoms with Crippen LogP contribution in [-0.2, 0) is 13.1 Å². The van der Waals surface area contributed by atoms with Gasteiger partial charge in [-0.3, -0.25) is 0 Å². The van der Waals surface area contributed by atoms with E-state index < -0.39 is 0 Å². The zero-order chi connectivity index (χ0) is 20.6. The second kappa shape index (κ2) is 10.6. The molecule has 2 heterocycles. The van der Waals surface area contributed by atoms with Crippen molar-refractivity contribution in [2.75, 3.05) is 26.7 Å². The first-order valence-corrected chi connectivity index (χ1v) is 11.1. The summed E-state index contributed by atoms with van der Waals surface area (Å²) in [5.41, 5.74) is 1.07. The van der Waals surface area contributed by atoms with Crippen molar-refractivity contribution in [3.8, 4) is 5.75 Å². The maximum Gasteiger partial charge on any atom is 0.318 e. The molecule has 2 aromatic rings. The monoisotopic (exact) mass is 416 g/mol. The first-order valence-electron chi connectivity index (χ1n) is 10.4. The number of ether oxygens (including phenoxy) is 1. The summed E-state index contributed by atoms with van der Waals surface area (Å²) in [4.78, 5) is 18.5. The maximum absolute atomic E-state index is 13.0. The molecule has 1 aliphatic rings. The van der Waals surface area contributed by atoms with E-state index in [9.17, 15) is 4.79 Å². The summed E-state index contributed by atoms with van der Waals surface area (Å²) >= 11 is 1.46. The minimum atomic E-state index is -0.00640. The van der Waals surface area contributed by atoms with Crippen LogP contribution in [0.1, 0.15) is 37.1 Å². The number of rotatable bonds is 8. The number of carbonyl (C=O) groups is 1. The molecule has 1 saturated heterocycles. The summed E-state index contributed by atoms with van der Waals surface area (Å²) in [6.45, 7) is 8.14. The average Bonchev–Trinajstić information content (AvgIpc) is 3.23. The summed E-state index contributed by atoms with van der Waals surface area (Å²) in [7, 11) is 2.14. The summed E-state index contributed by atoms with van der Waals surface area (Å²) in [6, 6.07) is 10.2. The van der Waals surface area contributed by atoms with E-state index in [1.807, 2.05) is 35.2 Å². The van der Waals surface area contributed by atoms with Crippen molar-refractivity contribution in [2.45, 2.75) is 45.8 Å². The van der Waals surface area contributed by atoms with Crippen molar-refractivity contribution in [2.24, 2.45) is 5.92 Å². The first kappa shape index (κ1) is 21.6. The van der Waals surface area contributed by atoms with Crippen LogP contribution in [0.4, 0.5) is 4.79 Å². The number of likely N-dealkylation sites (tertiary alicyclic amines) is 1. The molecule has 1 fully saturated rings. The van der Waals surface area contributed by atoms with Gasteiger partial charge in [0.15, 0.2) is 0 Å². The van der Waals surface area contributed by atoms with Crippen LogP contribution in [-0.4, -0.2) is 53.0 Å². The Kier molecular flexibility index (Phi) is 7.89. The molecule has 0 aliphatic carbocycles. The molecular formula is C22H32N4O2S. The van der Waals surface area contributed by atoms with Crippen molar-refractivity contribution >= 4 is 17.6 Å². The van der Waals surface area contributed by atoms with Crippen molar-refractivity contribution in [1.29, 1.82) is 0 Å². The molecule has 0 unspecified atom stereocenters. The maximum atomic E-state index is 13.0. The Balaban J connectivity index is 1.57. The number of nitrogens with one attached hydrogen (secondary N) is 1. The SMILES string of the molecule is CC(C)COc1ccc(CNC(=O)N(Cc2ccns2)C2CCN(C)CC2)cc1. The zero-order valence-electron chi connectivity index (χ0n) is 17.6. The zero-order valence-corrected chi connectivity index (χ0v) is 18.5. The molecule has 1 aliphatic heterocycles. The van der Waals surface area contributed by atoms with E-state index in [1.165, 1.54) is 11.5 Å². The van der Waals surface area contributed by atoms with Gasteiger partial charge >= 0.3 is 6.03 Å². The van der Waals surface area contributed by atoms with Gasteiger partial charge in [-0.05, 0) is 74.2 Å². The Bertz CT molecular complexity index is 741. The topological polar surface area (TPSA) is 57.7 Å².